The van der Waals surface area contributed by atoms with Crippen LogP contribution in [0.4, 0.5) is 15.6 Å². The molecule has 0 bridgehead atoms. The molecule has 3 rings (SSSR count). The minimum absolute atomic E-state index is 0.411. The van der Waals surface area contributed by atoms with Gasteiger partial charge in [0.25, 0.3) is 0 Å². The van der Waals surface area contributed by atoms with Gasteiger partial charge in [0.15, 0.2) is 16.6 Å². The van der Waals surface area contributed by atoms with E-state index in [0.717, 1.165) is 11.3 Å². The van der Waals surface area contributed by atoms with Crippen molar-refractivity contribution in [1.29, 1.82) is 0 Å². The van der Waals surface area contributed by atoms with Crippen molar-refractivity contribution in [2.24, 2.45) is 0 Å². The van der Waals surface area contributed by atoms with Crippen molar-refractivity contribution in [3.05, 3.63) is 52.9 Å². The predicted molar refractivity (Wildman–Crippen MR) is 105 cm³/mol. The Labute approximate surface area is 159 Å². The highest BCUT2D eigenvalue weighted by molar-refractivity contribution is 7.14. The molecule has 1 aromatic heterocycles. The summed E-state index contributed by atoms with van der Waals surface area (Å²) < 4.78 is 10.5. The maximum absolute atomic E-state index is 12.1. The molecule has 26 heavy (non-hydrogen) atoms. The molecular formula is C18H16ClN3O3S. The van der Waals surface area contributed by atoms with Crippen LogP contribution in [-0.2, 0) is 0 Å². The molecule has 0 spiro atoms. The molecule has 134 valence electrons. The second-order valence-electron chi connectivity index (χ2n) is 5.17. The SMILES string of the molecule is COc1ccc(-c2csc(NC(=O)Nc3ccccc3Cl)n2)cc1OC. The first-order chi connectivity index (χ1) is 12.6. The Morgan fingerprint density at radius 3 is 2.58 bits per heavy atom. The van der Waals surface area contributed by atoms with Crippen LogP contribution >= 0.6 is 22.9 Å². The molecule has 0 fully saturated rings. The van der Waals surface area contributed by atoms with E-state index in [2.05, 4.69) is 15.6 Å². The van der Waals surface area contributed by atoms with E-state index in [4.69, 9.17) is 21.1 Å². The van der Waals surface area contributed by atoms with Crippen LogP contribution in [0.1, 0.15) is 0 Å². The maximum Gasteiger partial charge on any atom is 0.325 e. The number of methoxy groups -OCH3 is 2. The zero-order valence-electron chi connectivity index (χ0n) is 14.1. The van der Waals surface area contributed by atoms with Crippen LogP contribution in [0.15, 0.2) is 47.8 Å². The predicted octanol–water partition coefficient (Wildman–Crippen LogP) is 5.12. The van der Waals surface area contributed by atoms with Gasteiger partial charge in [-0.05, 0) is 30.3 Å². The minimum atomic E-state index is -0.411. The smallest absolute Gasteiger partial charge is 0.325 e. The zero-order valence-corrected chi connectivity index (χ0v) is 15.6. The van der Waals surface area contributed by atoms with E-state index in [1.54, 1.807) is 38.5 Å². The number of halogens is 1. The first kappa shape index (κ1) is 18.0. The summed E-state index contributed by atoms with van der Waals surface area (Å²) in [5, 5.41) is 8.18. The Kier molecular flexibility index (Phi) is 5.60. The van der Waals surface area contributed by atoms with Gasteiger partial charge in [-0.2, -0.15) is 0 Å². The number of hydrogen-bond acceptors (Lipinski definition) is 5. The molecule has 3 aromatic rings. The van der Waals surface area contributed by atoms with Gasteiger partial charge in [0, 0.05) is 10.9 Å². The van der Waals surface area contributed by atoms with Crippen molar-refractivity contribution in [1.82, 2.24) is 4.98 Å². The van der Waals surface area contributed by atoms with Crippen molar-refractivity contribution in [2.75, 3.05) is 24.9 Å². The summed E-state index contributed by atoms with van der Waals surface area (Å²) in [5.41, 5.74) is 2.12. The maximum atomic E-state index is 12.1. The van der Waals surface area contributed by atoms with Crippen LogP contribution in [0, 0.1) is 0 Å². The lowest BCUT2D eigenvalue weighted by Gasteiger charge is -2.08. The number of anilines is 2. The normalized spacial score (nSPS) is 10.3. The fourth-order valence-electron chi connectivity index (χ4n) is 2.27. The second-order valence-corrected chi connectivity index (χ2v) is 6.43. The summed E-state index contributed by atoms with van der Waals surface area (Å²) in [7, 11) is 3.16. The number of thiazole rings is 1. The summed E-state index contributed by atoms with van der Waals surface area (Å²) in [6.45, 7) is 0. The first-order valence-electron chi connectivity index (χ1n) is 7.61. The fraction of sp³-hybridized carbons (Fsp3) is 0.111. The number of nitrogens with zero attached hydrogens (tertiary/aromatic N) is 1. The van der Waals surface area contributed by atoms with Crippen LogP contribution in [0.2, 0.25) is 5.02 Å². The molecule has 0 aliphatic heterocycles. The molecule has 0 aliphatic rings. The monoisotopic (exact) mass is 389 g/mol. The number of nitrogens with one attached hydrogen (secondary N) is 2. The van der Waals surface area contributed by atoms with Gasteiger partial charge in [-0.15, -0.1) is 11.3 Å². The Bertz CT molecular complexity index is 930. The number of benzene rings is 2. The quantitative estimate of drug-likeness (QED) is 0.634. The van der Waals surface area contributed by atoms with Gasteiger partial charge < -0.3 is 14.8 Å². The fourth-order valence-corrected chi connectivity index (χ4v) is 3.17. The first-order valence-corrected chi connectivity index (χ1v) is 8.87. The Hall–Kier alpha value is -2.77. The van der Waals surface area contributed by atoms with Crippen molar-refractivity contribution in [3.8, 4) is 22.8 Å². The molecule has 0 saturated carbocycles. The number of urea groups is 1. The van der Waals surface area contributed by atoms with Crippen molar-refractivity contribution in [2.45, 2.75) is 0 Å². The van der Waals surface area contributed by atoms with E-state index in [9.17, 15) is 4.79 Å². The van der Waals surface area contributed by atoms with E-state index >= 15 is 0 Å². The summed E-state index contributed by atoms with van der Waals surface area (Å²) in [4.78, 5) is 16.5. The van der Waals surface area contributed by atoms with E-state index in [1.807, 2.05) is 23.6 Å². The molecule has 0 unspecified atom stereocenters. The highest BCUT2D eigenvalue weighted by atomic mass is 35.5. The average molecular weight is 390 g/mol. The number of rotatable bonds is 5. The molecule has 0 aliphatic carbocycles. The zero-order chi connectivity index (χ0) is 18.5. The molecule has 1 heterocycles. The number of carbonyl (C=O) groups excluding carboxylic acids is 1. The van der Waals surface area contributed by atoms with Crippen molar-refractivity contribution >= 4 is 39.8 Å². The van der Waals surface area contributed by atoms with Crippen molar-refractivity contribution in [3.63, 3.8) is 0 Å². The molecule has 0 saturated heterocycles. The Morgan fingerprint density at radius 2 is 1.85 bits per heavy atom. The van der Waals surface area contributed by atoms with Crippen LogP contribution < -0.4 is 20.1 Å². The molecule has 2 amide bonds. The lowest BCUT2D eigenvalue weighted by atomic mass is 10.1. The largest absolute Gasteiger partial charge is 0.493 e. The van der Waals surface area contributed by atoms with E-state index in [1.165, 1.54) is 11.3 Å². The third-order valence-electron chi connectivity index (χ3n) is 3.53. The van der Waals surface area contributed by atoms with E-state index in [-0.39, 0.29) is 0 Å². The summed E-state index contributed by atoms with van der Waals surface area (Å²) in [5.74, 6) is 1.26. The standard InChI is InChI=1S/C18H16ClN3O3S/c1-24-15-8-7-11(9-16(15)25-2)14-10-26-18(21-14)22-17(23)20-13-6-4-3-5-12(13)19/h3-10H,1-2H3,(H2,20,21,22,23). The summed E-state index contributed by atoms with van der Waals surface area (Å²) in [6.07, 6.45) is 0. The minimum Gasteiger partial charge on any atom is -0.493 e. The third-order valence-corrected chi connectivity index (χ3v) is 4.61. The molecule has 6 nitrogen and oxygen atoms in total. The van der Waals surface area contributed by atoms with E-state index in [0.29, 0.717) is 27.3 Å². The lowest BCUT2D eigenvalue weighted by molar-refractivity contribution is 0.262. The van der Waals surface area contributed by atoms with Gasteiger partial charge in [0.05, 0.1) is 30.6 Å². The number of ether oxygens (including phenoxy) is 2. The second kappa shape index (κ2) is 8.07. The van der Waals surface area contributed by atoms with Crippen molar-refractivity contribution < 1.29 is 14.3 Å². The van der Waals surface area contributed by atoms with Crippen LogP contribution in [0.25, 0.3) is 11.3 Å². The average Bonchev–Trinajstić information content (AvgIpc) is 3.11. The Balaban J connectivity index is 1.72. The van der Waals surface area contributed by atoms with Gasteiger partial charge in [-0.1, -0.05) is 23.7 Å². The van der Waals surface area contributed by atoms with Crippen LogP contribution in [0.3, 0.4) is 0 Å². The van der Waals surface area contributed by atoms with Gasteiger partial charge in [-0.3, -0.25) is 5.32 Å². The molecular weight excluding hydrogens is 374 g/mol. The van der Waals surface area contributed by atoms with Gasteiger partial charge in [0.1, 0.15) is 0 Å². The highest BCUT2D eigenvalue weighted by Crippen LogP contribution is 2.33. The number of para-hydroxylation sites is 1. The van der Waals surface area contributed by atoms with Crippen LogP contribution in [-0.4, -0.2) is 25.2 Å². The van der Waals surface area contributed by atoms with E-state index < -0.39 is 6.03 Å². The Morgan fingerprint density at radius 1 is 1.08 bits per heavy atom. The lowest BCUT2D eigenvalue weighted by Crippen LogP contribution is -2.19. The number of hydrogen-bond donors (Lipinski definition) is 2. The third kappa shape index (κ3) is 4.07. The highest BCUT2D eigenvalue weighted by Gasteiger charge is 2.11. The molecule has 0 radical (unpaired) electrons. The summed E-state index contributed by atoms with van der Waals surface area (Å²) >= 11 is 7.35. The van der Waals surface area contributed by atoms with Gasteiger partial charge >= 0.3 is 6.03 Å². The number of carbonyl (C=O) groups is 1. The molecule has 2 N–H and O–H groups in total. The molecule has 2 aromatic carbocycles. The summed E-state index contributed by atoms with van der Waals surface area (Å²) in [6, 6.07) is 12.1. The molecule has 0 atom stereocenters. The molecule has 8 heteroatoms. The van der Waals surface area contributed by atoms with Gasteiger partial charge in [0.2, 0.25) is 0 Å². The number of amides is 2. The van der Waals surface area contributed by atoms with Gasteiger partial charge in [-0.25, -0.2) is 9.78 Å². The number of aromatic nitrogens is 1. The van der Waals surface area contributed by atoms with Crippen LogP contribution in [0.5, 0.6) is 11.5 Å². The topological polar surface area (TPSA) is 72.5 Å².